The Labute approximate surface area is 122 Å². The number of nitrogens with zero attached hydrogens (tertiary/aromatic N) is 3. The Morgan fingerprint density at radius 1 is 1.45 bits per heavy atom. The second-order valence-electron chi connectivity index (χ2n) is 4.82. The van der Waals surface area contributed by atoms with Gasteiger partial charge in [-0.05, 0) is 13.3 Å². The summed E-state index contributed by atoms with van der Waals surface area (Å²) in [4.78, 5) is 24.9. The Morgan fingerprint density at radius 2 is 2.10 bits per heavy atom. The zero-order valence-corrected chi connectivity index (χ0v) is 12.5. The molecule has 2 heterocycles. The minimum Gasteiger partial charge on any atom is -0.389 e. The van der Waals surface area contributed by atoms with Gasteiger partial charge in [0.1, 0.15) is 16.8 Å². The number of hydrogen-bond donors (Lipinski definition) is 2. The van der Waals surface area contributed by atoms with E-state index in [1.54, 1.807) is 18.7 Å². The van der Waals surface area contributed by atoms with E-state index < -0.39 is 6.04 Å². The van der Waals surface area contributed by atoms with Crippen molar-refractivity contribution >= 4 is 34.8 Å². The molecule has 1 saturated heterocycles. The number of nitrogens with one attached hydrogen (secondary N) is 1. The minimum absolute atomic E-state index is 0.163. The zero-order valence-electron chi connectivity index (χ0n) is 11.6. The van der Waals surface area contributed by atoms with Crippen LogP contribution in [-0.4, -0.2) is 44.6 Å². The molecular formula is C12H17N5O2S. The number of piperidine rings is 1. The molecule has 0 radical (unpaired) electrons. The fourth-order valence-electron chi connectivity index (χ4n) is 2.33. The van der Waals surface area contributed by atoms with Crippen LogP contribution in [0.5, 0.6) is 0 Å². The van der Waals surface area contributed by atoms with Gasteiger partial charge in [-0.3, -0.25) is 19.2 Å². The van der Waals surface area contributed by atoms with Gasteiger partial charge >= 0.3 is 0 Å². The number of nitrogens with two attached hydrogens (primary N) is 1. The number of aryl methyl sites for hydroxylation is 2. The lowest BCUT2D eigenvalue weighted by Crippen LogP contribution is -2.48. The average Bonchev–Trinajstić information content (AvgIpc) is 2.65. The minimum atomic E-state index is -0.472. The number of carbonyl (C=O) groups is 2. The number of rotatable bonds is 3. The highest BCUT2D eigenvalue weighted by atomic mass is 32.1. The number of hydrogen-bond acceptors (Lipinski definition) is 5. The number of likely N-dealkylation sites (tertiary alicyclic amines) is 1. The number of likely N-dealkylation sites (N-methyl/N-ethyl adjacent to an activating group) is 1. The van der Waals surface area contributed by atoms with Crippen LogP contribution in [0.25, 0.3) is 0 Å². The monoisotopic (exact) mass is 295 g/mol. The normalized spacial score (nSPS) is 19.4. The number of amides is 2. The van der Waals surface area contributed by atoms with E-state index in [9.17, 15) is 9.59 Å². The molecule has 1 unspecified atom stereocenters. The molecule has 108 valence electrons. The Hall–Kier alpha value is -1.96. The Balaban J connectivity index is 2.29. The Morgan fingerprint density at radius 3 is 2.70 bits per heavy atom. The summed E-state index contributed by atoms with van der Waals surface area (Å²) >= 11 is 5.02. The molecule has 0 spiro atoms. The van der Waals surface area contributed by atoms with Crippen LogP contribution in [0.4, 0.5) is 5.82 Å². The summed E-state index contributed by atoms with van der Waals surface area (Å²) in [5, 5.41) is 7.36. The molecule has 7 nitrogen and oxygen atoms in total. The third-order valence-corrected chi connectivity index (χ3v) is 3.63. The lowest BCUT2D eigenvalue weighted by molar-refractivity contribution is -0.146. The Bertz CT molecular complexity index is 595. The van der Waals surface area contributed by atoms with Crippen molar-refractivity contribution in [3.05, 3.63) is 11.3 Å². The summed E-state index contributed by atoms with van der Waals surface area (Å²) in [6, 6.07) is -0.472. The first kappa shape index (κ1) is 14.4. The van der Waals surface area contributed by atoms with Crippen molar-refractivity contribution in [3.63, 3.8) is 0 Å². The maximum Gasteiger partial charge on any atom is 0.251 e. The van der Waals surface area contributed by atoms with Crippen molar-refractivity contribution in [1.29, 1.82) is 0 Å². The molecule has 3 N–H and O–H groups in total. The molecule has 1 aromatic rings. The highest BCUT2D eigenvalue weighted by Gasteiger charge is 2.33. The average molecular weight is 295 g/mol. The van der Waals surface area contributed by atoms with Gasteiger partial charge in [0.25, 0.3) is 5.91 Å². The molecule has 2 amide bonds. The van der Waals surface area contributed by atoms with Gasteiger partial charge in [-0.15, -0.1) is 0 Å². The molecule has 1 atom stereocenters. The van der Waals surface area contributed by atoms with Crippen molar-refractivity contribution in [2.45, 2.75) is 25.8 Å². The smallest absolute Gasteiger partial charge is 0.251 e. The molecule has 1 aromatic heterocycles. The number of aromatic nitrogens is 2. The van der Waals surface area contributed by atoms with Gasteiger partial charge in [-0.25, -0.2) is 0 Å². The van der Waals surface area contributed by atoms with Crippen LogP contribution in [0.15, 0.2) is 0 Å². The number of thiocarbonyl (C=S) groups is 1. The van der Waals surface area contributed by atoms with Gasteiger partial charge in [-0.2, -0.15) is 5.10 Å². The first-order chi connectivity index (χ1) is 9.32. The number of imide groups is 1. The molecule has 0 aliphatic carbocycles. The molecule has 0 bridgehead atoms. The quantitative estimate of drug-likeness (QED) is 0.598. The summed E-state index contributed by atoms with van der Waals surface area (Å²) in [6.45, 7) is 1.80. The second-order valence-corrected chi connectivity index (χ2v) is 5.26. The van der Waals surface area contributed by atoms with Crippen LogP contribution in [-0.2, 0) is 16.6 Å². The lowest BCUT2D eigenvalue weighted by atomic mass is 10.0. The molecular weight excluding hydrogens is 278 g/mol. The number of anilines is 1. The van der Waals surface area contributed by atoms with E-state index in [1.165, 1.54) is 7.05 Å². The SMILES string of the molecule is Cc1nn(C)c(NC2CCC(=O)N(C)C2=O)c1C(N)=S. The summed E-state index contributed by atoms with van der Waals surface area (Å²) in [7, 11) is 3.24. The van der Waals surface area contributed by atoms with Gasteiger partial charge in [0.2, 0.25) is 5.91 Å². The van der Waals surface area contributed by atoms with Crippen molar-refractivity contribution < 1.29 is 9.59 Å². The fraction of sp³-hybridized carbons (Fsp3) is 0.500. The van der Waals surface area contributed by atoms with Crippen LogP contribution in [0.3, 0.4) is 0 Å². The van der Waals surface area contributed by atoms with E-state index in [0.717, 1.165) is 4.90 Å². The third-order valence-electron chi connectivity index (χ3n) is 3.43. The van der Waals surface area contributed by atoms with Gasteiger partial charge in [-0.1, -0.05) is 12.2 Å². The molecule has 2 rings (SSSR count). The van der Waals surface area contributed by atoms with Crippen LogP contribution < -0.4 is 11.1 Å². The summed E-state index contributed by atoms with van der Waals surface area (Å²) in [6.07, 6.45) is 0.780. The first-order valence-electron chi connectivity index (χ1n) is 6.23. The highest BCUT2D eigenvalue weighted by Crippen LogP contribution is 2.22. The maximum absolute atomic E-state index is 12.1. The van der Waals surface area contributed by atoms with Crippen molar-refractivity contribution in [3.8, 4) is 0 Å². The molecule has 20 heavy (non-hydrogen) atoms. The summed E-state index contributed by atoms with van der Waals surface area (Å²) in [5.74, 6) is 0.189. The summed E-state index contributed by atoms with van der Waals surface area (Å²) in [5.41, 5.74) is 7.04. The van der Waals surface area contributed by atoms with Gasteiger partial charge in [0, 0.05) is 20.5 Å². The van der Waals surface area contributed by atoms with Crippen molar-refractivity contribution in [1.82, 2.24) is 14.7 Å². The van der Waals surface area contributed by atoms with Crippen molar-refractivity contribution in [2.24, 2.45) is 12.8 Å². The van der Waals surface area contributed by atoms with Crippen LogP contribution in [0, 0.1) is 6.92 Å². The van der Waals surface area contributed by atoms with E-state index in [-0.39, 0.29) is 16.8 Å². The molecule has 0 saturated carbocycles. The van der Waals surface area contributed by atoms with E-state index >= 15 is 0 Å². The second kappa shape index (κ2) is 5.20. The number of carbonyl (C=O) groups excluding carboxylic acids is 2. The fourth-order valence-corrected chi connectivity index (χ4v) is 2.58. The van der Waals surface area contributed by atoms with Gasteiger partial charge in [0.05, 0.1) is 11.3 Å². The standard InChI is InChI=1S/C12H17N5O2S/c1-6-9(10(13)20)11(17(3)15-6)14-7-4-5-8(18)16(2)12(7)19/h7,14H,4-5H2,1-3H3,(H2,13,20). The van der Waals surface area contributed by atoms with Gasteiger partial charge < -0.3 is 11.1 Å². The summed E-state index contributed by atoms with van der Waals surface area (Å²) < 4.78 is 1.60. The predicted molar refractivity (Wildman–Crippen MR) is 78.3 cm³/mol. The zero-order chi connectivity index (χ0) is 15.0. The Kier molecular flexibility index (Phi) is 3.76. The van der Waals surface area contributed by atoms with E-state index in [1.807, 2.05) is 0 Å². The van der Waals surface area contributed by atoms with Crippen LogP contribution in [0.2, 0.25) is 0 Å². The molecule has 0 aromatic carbocycles. The third kappa shape index (κ3) is 2.38. The van der Waals surface area contributed by atoms with E-state index in [2.05, 4.69) is 10.4 Å². The molecule has 1 aliphatic rings. The lowest BCUT2D eigenvalue weighted by Gasteiger charge is -2.29. The molecule has 1 aliphatic heterocycles. The van der Waals surface area contributed by atoms with Crippen LogP contribution in [0.1, 0.15) is 24.1 Å². The molecule has 1 fully saturated rings. The van der Waals surface area contributed by atoms with E-state index in [0.29, 0.717) is 29.9 Å². The topological polar surface area (TPSA) is 93.2 Å². The highest BCUT2D eigenvalue weighted by molar-refractivity contribution is 7.80. The molecule has 8 heteroatoms. The van der Waals surface area contributed by atoms with Gasteiger partial charge in [0.15, 0.2) is 0 Å². The maximum atomic E-state index is 12.1. The predicted octanol–water partition coefficient (Wildman–Crippen LogP) is -0.0780. The first-order valence-corrected chi connectivity index (χ1v) is 6.64. The van der Waals surface area contributed by atoms with Crippen LogP contribution >= 0.6 is 12.2 Å². The largest absolute Gasteiger partial charge is 0.389 e. The van der Waals surface area contributed by atoms with E-state index in [4.69, 9.17) is 18.0 Å². The van der Waals surface area contributed by atoms with Crippen molar-refractivity contribution in [2.75, 3.05) is 12.4 Å².